The maximum atomic E-state index is 5.22. The smallest absolute Gasteiger partial charge is 0.0737 e. The van der Waals surface area contributed by atoms with E-state index in [-0.39, 0.29) is 0 Å². The number of aromatic nitrogens is 7. The van der Waals surface area contributed by atoms with Crippen LogP contribution >= 0.6 is 0 Å². The van der Waals surface area contributed by atoms with Gasteiger partial charge in [-0.15, -0.1) is 0 Å². The second-order valence-corrected chi connectivity index (χ2v) is 10.1. The maximum Gasteiger partial charge on any atom is 0.0737 e. The van der Waals surface area contributed by atoms with E-state index in [9.17, 15) is 0 Å². The largest absolute Gasteiger partial charge is 0.355 e. The predicted octanol–water partition coefficient (Wildman–Crippen LogP) is 7.84. The number of hydrogen-bond acceptors (Lipinski definition) is 5. The van der Waals surface area contributed by atoms with Crippen LogP contribution in [0, 0.1) is 0 Å². The van der Waals surface area contributed by atoms with E-state index in [1.807, 2.05) is 79.7 Å². The summed E-state index contributed by atoms with van der Waals surface area (Å²) in [5.74, 6) is 0. The standard InChI is InChI=1S/C35H23N7/c1-3-27-33(22-9-15-36-16-10-22)29-5-7-31(41-29)35(24-13-19-38-20-14-24)32-8-6-30(42-32)34(23-11-17-37-18-12-23)28-4-2-26(40-28)21-25(1)39-27/h1-21,39,42H. The highest BCUT2D eigenvalue weighted by atomic mass is 14.8. The second kappa shape index (κ2) is 9.91. The zero-order valence-corrected chi connectivity index (χ0v) is 22.4. The number of rotatable bonds is 3. The summed E-state index contributed by atoms with van der Waals surface area (Å²) in [4.78, 5) is 30.3. The molecule has 0 aliphatic carbocycles. The molecule has 7 nitrogen and oxygen atoms in total. The Balaban J connectivity index is 1.54. The molecule has 42 heavy (non-hydrogen) atoms. The highest BCUT2D eigenvalue weighted by molar-refractivity contribution is 5.97. The molecule has 8 bridgehead atoms. The fraction of sp³-hybridized carbons (Fsp3) is 0. The van der Waals surface area contributed by atoms with Gasteiger partial charge in [0, 0.05) is 75.9 Å². The molecule has 0 spiro atoms. The third kappa shape index (κ3) is 4.20. The number of nitrogens with zero attached hydrogens (tertiary/aromatic N) is 5. The molecular weight excluding hydrogens is 518 g/mol. The summed E-state index contributed by atoms with van der Waals surface area (Å²) >= 11 is 0. The van der Waals surface area contributed by atoms with Gasteiger partial charge in [-0.25, -0.2) is 9.97 Å². The van der Waals surface area contributed by atoms with Crippen molar-refractivity contribution in [2.45, 2.75) is 0 Å². The molecule has 2 aliphatic rings. The molecule has 0 aromatic carbocycles. The van der Waals surface area contributed by atoms with Crippen molar-refractivity contribution < 1.29 is 0 Å². The second-order valence-electron chi connectivity index (χ2n) is 10.1. The first-order valence-electron chi connectivity index (χ1n) is 13.6. The van der Waals surface area contributed by atoms with Crippen LogP contribution < -0.4 is 0 Å². The van der Waals surface area contributed by atoms with Crippen molar-refractivity contribution in [3.05, 3.63) is 127 Å². The van der Waals surface area contributed by atoms with Crippen molar-refractivity contribution in [3.63, 3.8) is 0 Å². The molecule has 0 saturated heterocycles. The summed E-state index contributed by atoms with van der Waals surface area (Å²) in [6.07, 6.45) is 19.1. The Kier molecular flexibility index (Phi) is 5.64. The lowest BCUT2D eigenvalue weighted by molar-refractivity contribution is 1.29. The summed E-state index contributed by atoms with van der Waals surface area (Å²) in [6, 6.07) is 22.5. The van der Waals surface area contributed by atoms with Gasteiger partial charge in [0.25, 0.3) is 0 Å². The van der Waals surface area contributed by atoms with E-state index in [1.165, 1.54) is 0 Å². The molecule has 0 saturated carbocycles. The Labute approximate surface area is 241 Å². The fourth-order valence-corrected chi connectivity index (χ4v) is 5.61. The van der Waals surface area contributed by atoms with Crippen molar-refractivity contribution in [1.82, 2.24) is 34.9 Å². The van der Waals surface area contributed by atoms with E-state index in [1.54, 1.807) is 0 Å². The molecular formula is C35H23N7. The molecule has 0 atom stereocenters. The van der Waals surface area contributed by atoms with Crippen LogP contribution in [0.1, 0.15) is 22.8 Å². The lowest BCUT2D eigenvalue weighted by Gasteiger charge is -2.05. The third-order valence-corrected chi connectivity index (χ3v) is 7.48. The summed E-state index contributed by atoms with van der Waals surface area (Å²) in [5.41, 5.74) is 13.4. The number of aromatic amines is 2. The Hall–Kier alpha value is -5.95. The maximum absolute atomic E-state index is 5.22. The van der Waals surface area contributed by atoms with Gasteiger partial charge >= 0.3 is 0 Å². The van der Waals surface area contributed by atoms with Crippen LogP contribution in [0.4, 0.5) is 0 Å². The molecule has 0 radical (unpaired) electrons. The minimum atomic E-state index is 0.862. The molecule has 8 rings (SSSR count). The van der Waals surface area contributed by atoms with E-state index >= 15 is 0 Å². The lowest BCUT2D eigenvalue weighted by atomic mass is 10.1. The Bertz CT molecular complexity index is 2140. The van der Waals surface area contributed by atoms with Gasteiger partial charge in [-0.2, -0.15) is 0 Å². The van der Waals surface area contributed by atoms with Crippen molar-refractivity contribution >= 4 is 46.4 Å². The molecule has 0 unspecified atom stereocenters. The number of nitrogens with one attached hydrogen (secondary N) is 2. The predicted molar refractivity (Wildman–Crippen MR) is 169 cm³/mol. The minimum Gasteiger partial charge on any atom is -0.355 e. The van der Waals surface area contributed by atoms with Gasteiger partial charge in [0.05, 0.1) is 22.8 Å². The molecule has 6 aromatic heterocycles. The Morgan fingerprint density at radius 2 is 0.833 bits per heavy atom. The van der Waals surface area contributed by atoms with Crippen LogP contribution in [-0.2, 0) is 0 Å². The summed E-state index contributed by atoms with van der Waals surface area (Å²) in [7, 11) is 0. The molecule has 2 aliphatic heterocycles. The highest BCUT2D eigenvalue weighted by Crippen LogP contribution is 2.35. The molecule has 7 heteroatoms. The number of pyridine rings is 3. The SMILES string of the molecule is C1=Cc2nc1cc1ccc([nH]1)c(-c1ccncc1)c1nc(c(-c3ccncc3)c3ccc([nH]3)c2-c2ccncc2)C=C1. The van der Waals surface area contributed by atoms with E-state index in [0.717, 1.165) is 78.2 Å². The zero-order chi connectivity index (χ0) is 27.9. The van der Waals surface area contributed by atoms with Crippen LogP contribution in [0.3, 0.4) is 0 Å². The van der Waals surface area contributed by atoms with E-state index in [2.05, 4.69) is 73.5 Å². The van der Waals surface area contributed by atoms with Crippen LogP contribution in [0.2, 0.25) is 0 Å². The van der Waals surface area contributed by atoms with Crippen LogP contribution in [0.5, 0.6) is 0 Å². The van der Waals surface area contributed by atoms with E-state index in [4.69, 9.17) is 9.97 Å². The number of H-pyrrole nitrogens is 2. The van der Waals surface area contributed by atoms with Gasteiger partial charge < -0.3 is 9.97 Å². The van der Waals surface area contributed by atoms with Gasteiger partial charge in [-0.05, 0) is 108 Å². The summed E-state index contributed by atoms with van der Waals surface area (Å²) in [5, 5.41) is 0. The first-order valence-corrected chi connectivity index (χ1v) is 13.6. The van der Waals surface area contributed by atoms with Gasteiger partial charge in [-0.3, -0.25) is 15.0 Å². The van der Waals surface area contributed by atoms with Crippen molar-refractivity contribution in [1.29, 1.82) is 0 Å². The normalized spacial score (nSPS) is 12.1. The third-order valence-electron chi connectivity index (χ3n) is 7.48. The van der Waals surface area contributed by atoms with Crippen molar-refractivity contribution in [3.8, 4) is 33.4 Å². The zero-order valence-electron chi connectivity index (χ0n) is 22.4. The topological polar surface area (TPSA) is 96.0 Å². The summed E-state index contributed by atoms with van der Waals surface area (Å²) < 4.78 is 0. The van der Waals surface area contributed by atoms with Crippen molar-refractivity contribution in [2.75, 3.05) is 0 Å². The molecule has 0 fully saturated rings. The molecule has 6 aromatic rings. The quantitative estimate of drug-likeness (QED) is 0.238. The number of fused-ring (bicyclic) bond motifs is 8. The van der Waals surface area contributed by atoms with E-state index in [0.29, 0.717) is 0 Å². The van der Waals surface area contributed by atoms with Crippen LogP contribution in [0.15, 0.2) is 104 Å². The van der Waals surface area contributed by atoms with Crippen molar-refractivity contribution in [2.24, 2.45) is 0 Å². The molecule has 8 heterocycles. The Morgan fingerprint density at radius 1 is 0.405 bits per heavy atom. The monoisotopic (exact) mass is 541 g/mol. The Morgan fingerprint density at radius 3 is 1.36 bits per heavy atom. The van der Waals surface area contributed by atoms with Gasteiger partial charge in [-0.1, -0.05) is 0 Å². The average Bonchev–Trinajstić information content (AvgIpc) is 3.86. The highest BCUT2D eigenvalue weighted by Gasteiger charge is 2.16. The van der Waals surface area contributed by atoms with Gasteiger partial charge in [0.2, 0.25) is 0 Å². The molecule has 2 N–H and O–H groups in total. The van der Waals surface area contributed by atoms with Gasteiger partial charge in [0.1, 0.15) is 0 Å². The average molecular weight is 542 g/mol. The van der Waals surface area contributed by atoms with Crippen LogP contribution in [-0.4, -0.2) is 34.9 Å². The first kappa shape index (κ1) is 23.9. The van der Waals surface area contributed by atoms with E-state index < -0.39 is 0 Å². The fourth-order valence-electron chi connectivity index (χ4n) is 5.61. The molecule has 198 valence electrons. The van der Waals surface area contributed by atoms with Crippen LogP contribution in [0.25, 0.3) is 79.8 Å². The first-order chi connectivity index (χ1) is 20.8. The molecule has 0 amide bonds. The van der Waals surface area contributed by atoms with Gasteiger partial charge in [0.15, 0.2) is 0 Å². The lowest BCUT2D eigenvalue weighted by Crippen LogP contribution is -1.89. The summed E-state index contributed by atoms with van der Waals surface area (Å²) in [6.45, 7) is 0. The minimum absolute atomic E-state index is 0.862. The number of hydrogen-bond donors (Lipinski definition) is 2.